The first kappa shape index (κ1) is 13.8. The van der Waals surface area contributed by atoms with Gasteiger partial charge in [-0.05, 0) is 40.7 Å². The van der Waals surface area contributed by atoms with Crippen LogP contribution in [0, 0.1) is 0 Å². The fraction of sp³-hybridized carbons (Fsp3) is 0.538. The minimum atomic E-state index is 0.0371. The van der Waals surface area contributed by atoms with Crippen molar-refractivity contribution in [2.45, 2.75) is 12.7 Å². The molecule has 18 heavy (non-hydrogen) atoms. The Morgan fingerprint density at radius 1 is 1.56 bits per heavy atom. The Morgan fingerprint density at radius 2 is 2.39 bits per heavy atom. The average Bonchev–Trinajstić information content (AvgIpc) is 2.37. The predicted octanol–water partition coefficient (Wildman–Crippen LogP) is 1.65. The van der Waals surface area contributed by atoms with Gasteiger partial charge in [0.05, 0.1) is 17.7 Å². The number of likely N-dealkylation sites (N-methyl/N-ethyl adjacent to an activating group) is 1. The van der Waals surface area contributed by atoms with E-state index in [1.807, 2.05) is 18.2 Å². The third-order valence-corrected chi connectivity index (χ3v) is 3.57. The first-order valence-corrected chi connectivity index (χ1v) is 6.80. The van der Waals surface area contributed by atoms with E-state index in [0.717, 1.165) is 35.5 Å². The van der Waals surface area contributed by atoms with Crippen molar-refractivity contribution >= 4 is 15.9 Å². The van der Waals surface area contributed by atoms with Crippen molar-refractivity contribution in [3.05, 3.63) is 28.2 Å². The highest BCUT2D eigenvalue weighted by molar-refractivity contribution is 9.10. The smallest absolute Gasteiger partial charge is 0.133 e. The van der Waals surface area contributed by atoms with E-state index in [1.54, 1.807) is 0 Å². The minimum Gasteiger partial charge on any atom is -0.490 e. The molecule has 1 heterocycles. The summed E-state index contributed by atoms with van der Waals surface area (Å²) < 4.78 is 12.2. The Labute approximate surface area is 116 Å². The van der Waals surface area contributed by atoms with Gasteiger partial charge in [0.25, 0.3) is 0 Å². The summed E-state index contributed by atoms with van der Waals surface area (Å²) in [5.74, 6) is 0.782. The maximum Gasteiger partial charge on any atom is 0.133 e. The van der Waals surface area contributed by atoms with Crippen molar-refractivity contribution in [3.8, 4) is 5.75 Å². The number of benzene rings is 1. The van der Waals surface area contributed by atoms with Gasteiger partial charge >= 0.3 is 0 Å². The van der Waals surface area contributed by atoms with Crippen molar-refractivity contribution in [1.29, 1.82) is 0 Å². The standard InChI is InChI=1S/C13H18BrNO3/c1-15-4-5-17-11(7-15)9-18-13-3-2-10(8-16)6-12(13)14/h2-3,6,11,16H,4-5,7-9H2,1H3. The lowest BCUT2D eigenvalue weighted by Crippen LogP contribution is -2.42. The summed E-state index contributed by atoms with van der Waals surface area (Å²) in [5.41, 5.74) is 0.864. The Balaban J connectivity index is 1.89. The van der Waals surface area contributed by atoms with E-state index < -0.39 is 0 Å². The lowest BCUT2D eigenvalue weighted by atomic mass is 10.2. The normalized spacial score (nSPS) is 20.9. The van der Waals surface area contributed by atoms with Crippen LogP contribution >= 0.6 is 15.9 Å². The zero-order chi connectivity index (χ0) is 13.0. The molecule has 1 aliphatic rings. The van der Waals surface area contributed by atoms with E-state index in [-0.39, 0.29) is 12.7 Å². The summed E-state index contributed by atoms with van der Waals surface area (Å²) in [5, 5.41) is 9.03. The third kappa shape index (κ3) is 3.68. The topological polar surface area (TPSA) is 41.9 Å². The van der Waals surface area contributed by atoms with Gasteiger partial charge in [0.15, 0.2) is 0 Å². The third-order valence-electron chi connectivity index (χ3n) is 2.95. The molecule has 4 nitrogen and oxygen atoms in total. The van der Waals surface area contributed by atoms with Crippen LogP contribution in [0.1, 0.15) is 5.56 Å². The summed E-state index contributed by atoms with van der Waals surface area (Å²) >= 11 is 3.44. The summed E-state index contributed by atoms with van der Waals surface area (Å²) in [4.78, 5) is 2.24. The Bertz CT molecular complexity index is 400. The van der Waals surface area contributed by atoms with E-state index in [9.17, 15) is 0 Å². The van der Waals surface area contributed by atoms with E-state index >= 15 is 0 Å². The predicted molar refractivity (Wildman–Crippen MR) is 72.8 cm³/mol. The van der Waals surface area contributed by atoms with E-state index in [1.165, 1.54) is 0 Å². The molecule has 0 radical (unpaired) electrons. The van der Waals surface area contributed by atoms with Gasteiger partial charge in [-0.15, -0.1) is 0 Å². The van der Waals surface area contributed by atoms with Crippen LogP contribution in [-0.4, -0.2) is 49.5 Å². The van der Waals surface area contributed by atoms with Crippen LogP contribution in [0.4, 0.5) is 0 Å². The maximum absolute atomic E-state index is 9.03. The molecule has 0 bridgehead atoms. The van der Waals surface area contributed by atoms with Crippen LogP contribution in [0.3, 0.4) is 0 Å². The van der Waals surface area contributed by atoms with Gasteiger partial charge in [-0.3, -0.25) is 0 Å². The summed E-state index contributed by atoms with van der Waals surface area (Å²) in [6, 6.07) is 5.58. The molecule has 0 spiro atoms. The van der Waals surface area contributed by atoms with Gasteiger partial charge < -0.3 is 19.5 Å². The van der Waals surface area contributed by atoms with E-state index in [2.05, 4.69) is 27.9 Å². The van der Waals surface area contributed by atoms with Crippen molar-refractivity contribution in [3.63, 3.8) is 0 Å². The zero-order valence-electron chi connectivity index (χ0n) is 10.4. The van der Waals surface area contributed by atoms with Crippen molar-refractivity contribution in [2.24, 2.45) is 0 Å². The van der Waals surface area contributed by atoms with Crippen LogP contribution in [0.2, 0.25) is 0 Å². The first-order valence-electron chi connectivity index (χ1n) is 6.01. The second-order valence-electron chi connectivity index (χ2n) is 4.49. The molecule has 5 heteroatoms. The highest BCUT2D eigenvalue weighted by atomic mass is 79.9. The van der Waals surface area contributed by atoms with Crippen molar-refractivity contribution in [1.82, 2.24) is 4.90 Å². The largest absolute Gasteiger partial charge is 0.490 e. The van der Waals surface area contributed by atoms with E-state index in [0.29, 0.717) is 6.61 Å². The Kier molecular flexibility index (Phi) is 5.00. The lowest BCUT2D eigenvalue weighted by molar-refractivity contribution is -0.0404. The van der Waals surface area contributed by atoms with Gasteiger partial charge in [-0.2, -0.15) is 0 Å². The minimum absolute atomic E-state index is 0.0371. The van der Waals surface area contributed by atoms with Gasteiger partial charge in [-0.25, -0.2) is 0 Å². The zero-order valence-corrected chi connectivity index (χ0v) is 12.0. The molecular formula is C13H18BrNO3. The van der Waals surface area contributed by atoms with Crippen LogP contribution in [0.5, 0.6) is 5.75 Å². The number of aliphatic hydroxyl groups is 1. The molecule has 0 amide bonds. The molecule has 2 rings (SSSR count). The maximum atomic E-state index is 9.03. The van der Waals surface area contributed by atoms with E-state index in [4.69, 9.17) is 14.6 Å². The average molecular weight is 316 g/mol. The van der Waals surface area contributed by atoms with Crippen LogP contribution in [0.15, 0.2) is 22.7 Å². The highest BCUT2D eigenvalue weighted by Crippen LogP contribution is 2.26. The second-order valence-corrected chi connectivity index (χ2v) is 5.34. The van der Waals surface area contributed by atoms with Crippen molar-refractivity contribution in [2.75, 3.05) is 33.4 Å². The molecule has 1 unspecified atom stereocenters. The van der Waals surface area contributed by atoms with Gasteiger partial charge in [-0.1, -0.05) is 6.07 Å². The summed E-state index contributed by atoms with van der Waals surface area (Å²) in [6.45, 7) is 3.21. The molecule has 0 saturated carbocycles. The van der Waals surface area contributed by atoms with Crippen LogP contribution in [-0.2, 0) is 11.3 Å². The van der Waals surface area contributed by atoms with Gasteiger partial charge in [0.2, 0.25) is 0 Å². The fourth-order valence-corrected chi connectivity index (χ4v) is 2.45. The molecule has 0 aliphatic carbocycles. The monoisotopic (exact) mass is 315 g/mol. The van der Waals surface area contributed by atoms with Gasteiger partial charge in [0.1, 0.15) is 18.5 Å². The summed E-state index contributed by atoms with van der Waals surface area (Å²) in [6.07, 6.45) is 0.119. The van der Waals surface area contributed by atoms with Crippen LogP contribution < -0.4 is 4.74 Å². The molecule has 1 N–H and O–H groups in total. The summed E-state index contributed by atoms with van der Waals surface area (Å²) in [7, 11) is 2.08. The van der Waals surface area contributed by atoms with Crippen LogP contribution in [0.25, 0.3) is 0 Å². The number of nitrogens with zero attached hydrogens (tertiary/aromatic N) is 1. The fourth-order valence-electron chi connectivity index (χ4n) is 1.91. The molecule has 1 aromatic carbocycles. The Hall–Kier alpha value is -0.620. The molecule has 1 saturated heterocycles. The molecule has 1 fully saturated rings. The number of rotatable bonds is 4. The quantitative estimate of drug-likeness (QED) is 0.917. The number of aliphatic hydroxyl groups excluding tert-OH is 1. The lowest BCUT2D eigenvalue weighted by Gasteiger charge is -2.29. The SMILES string of the molecule is CN1CCOC(COc2ccc(CO)cc2Br)C1. The highest BCUT2D eigenvalue weighted by Gasteiger charge is 2.18. The molecule has 100 valence electrons. The molecule has 0 aromatic heterocycles. The number of ether oxygens (including phenoxy) is 2. The molecule has 1 aromatic rings. The molecular weight excluding hydrogens is 298 g/mol. The number of hydrogen-bond acceptors (Lipinski definition) is 4. The number of morpholine rings is 1. The van der Waals surface area contributed by atoms with Crippen molar-refractivity contribution < 1.29 is 14.6 Å². The second kappa shape index (κ2) is 6.52. The van der Waals surface area contributed by atoms with Gasteiger partial charge in [0, 0.05) is 13.1 Å². The number of halogens is 1. The molecule has 1 aliphatic heterocycles. The molecule has 1 atom stereocenters. The Morgan fingerprint density at radius 3 is 3.06 bits per heavy atom. The first-order chi connectivity index (χ1) is 8.69. The number of hydrogen-bond donors (Lipinski definition) is 1.